The summed E-state index contributed by atoms with van der Waals surface area (Å²) in [7, 11) is 0. The fourth-order valence-electron chi connectivity index (χ4n) is 1.06. The van der Waals surface area contributed by atoms with Crippen LogP contribution in [0.15, 0.2) is 0 Å². The molecule has 0 heterocycles. The van der Waals surface area contributed by atoms with E-state index in [-0.39, 0.29) is 0 Å². The minimum atomic E-state index is -1.82. The number of carboxylic acid groups (broad SMARTS) is 2. The predicted molar refractivity (Wildman–Crippen MR) is 43.0 cm³/mol. The number of aliphatic carboxylic acids is 2. The second-order valence-electron chi connectivity index (χ2n) is 2.73. The van der Waals surface area contributed by atoms with E-state index in [1.807, 2.05) is 0 Å². The molecular formula is C8H14O4. The number of carbonyl (C=O) groups is 2. The van der Waals surface area contributed by atoms with Gasteiger partial charge in [-0.3, -0.25) is 0 Å². The van der Waals surface area contributed by atoms with Gasteiger partial charge in [-0.05, 0) is 0 Å². The van der Waals surface area contributed by atoms with E-state index in [2.05, 4.69) is 0 Å². The average Bonchev–Trinajstić information content (AvgIpc) is 2.08. The number of hydrogen-bond acceptors (Lipinski definition) is 2. The minimum absolute atomic E-state index is 1.50. The van der Waals surface area contributed by atoms with Crippen molar-refractivity contribution in [3.63, 3.8) is 0 Å². The van der Waals surface area contributed by atoms with Crippen LogP contribution in [0.4, 0.5) is 0 Å². The van der Waals surface area contributed by atoms with Crippen molar-refractivity contribution in [2.24, 2.45) is 0 Å². The molecule has 1 rings (SSSR count). The largest absolute Gasteiger partial charge is 0.473 e. The summed E-state index contributed by atoms with van der Waals surface area (Å²) in [5.41, 5.74) is 0. The molecule has 0 saturated heterocycles. The van der Waals surface area contributed by atoms with Crippen molar-refractivity contribution >= 4 is 11.9 Å². The van der Waals surface area contributed by atoms with Crippen LogP contribution in [-0.4, -0.2) is 22.2 Å². The summed E-state index contributed by atoms with van der Waals surface area (Å²) in [6, 6.07) is 0. The topological polar surface area (TPSA) is 74.6 Å². The molecule has 0 bridgehead atoms. The van der Waals surface area contributed by atoms with E-state index in [9.17, 15) is 0 Å². The smallest absolute Gasteiger partial charge is 0.414 e. The standard InChI is InChI=1S/C6H12.C2H2O4/c1-2-4-6-5-3-1;3-1(4)2(5)6/h1-6H2;(H,3,4)(H,5,6). The zero-order valence-corrected chi connectivity index (χ0v) is 6.95. The maximum atomic E-state index is 9.10. The van der Waals surface area contributed by atoms with Gasteiger partial charge in [0.15, 0.2) is 0 Å². The highest BCUT2D eigenvalue weighted by Gasteiger charge is 2.04. The van der Waals surface area contributed by atoms with Gasteiger partial charge in [0, 0.05) is 0 Å². The average molecular weight is 174 g/mol. The molecule has 0 aromatic heterocycles. The molecule has 1 saturated carbocycles. The van der Waals surface area contributed by atoms with Crippen molar-refractivity contribution in [2.75, 3.05) is 0 Å². The van der Waals surface area contributed by atoms with E-state index in [0.29, 0.717) is 0 Å². The van der Waals surface area contributed by atoms with Crippen LogP contribution >= 0.6 is 0 Å². The molecule has 0 amide bonds. The fraction of sp³-hybridized carbons (Fsp3) is 0.750. The Labute approximate surface area is 71.2 Å². The molecule has 0 aromatic rings. The predicted octanol–water partition coefficient (Wildman–Crippen LogP) is 1.50. The van der Waals surface area contributed by atoms with Crippen molar-refractivity contribution < 1.29 is 19.8 Å². The summed E-state index contributed by atoms with van der Waals surface area (Å²) < 4.78 is 0. The molecule has 0 atom stereocenters. The van der Waals surface area contributed by atoms with Gasteiger partial charge >= 0.3 is 11.9 Å². The molecule has 70 valence electrons. The van der Waals surface area contributed by atoms with Gasteiger partial charge in [0.1, 0.15) is 0 Å². The Morgan fingerprint density at radius 3 is 0.917 bits per heavy atom. The second kappa shape index (κ2) is 6.64. The first-order valence-corrected chi connectivity index (χ1v) is 4.11. The van der Waals surface area contributed by atoms with Crippen molar-refractivity contribution in [3.8, 4) is 0 Å². The Morgan fingerprint density at radius 1 is 0.667 bits per heavy atom. The van der Waals surface area contributed by atoms with Crippen LogP contribution in [0.2, 0.25) is 0 Å². The maximum absolute atomic E-state index is 9.10. The summed E-state index contributed by atoms with van der Waals surface area (Å²) in [5.74, 6) is -3.65. The van der Waals surface area contributed by atoms with Crippen LogP contribution in [0.1, 0.15) is 38.5 Å². The van der Waals surface area contributed by atoms with E-state index >= 15 is 0 Å². The first-order valence-electron chi connectivity index (χ1n) is 4.11. The van der Waals surface area contributed by atoms with E-state index in [0.717, 1.165) is 0 Å². The van der Waals surface area contributed by atoms with Crippen LogP contribution in [0.5, 0.6) is 0 Å². The Kier molecular flexibility index (Phi) is 6.05. The summed E-state index contributed by atoms with van der Waals surface area (Å²) in [4.78, 5) is 18.2. The molecule has 0 aromatic carbocycles. The monoisotopic (exact) mass is 174 g/mol. The van der Waals surface area contributed by atoms with Crippen molar-refractivity contribution in [1.29, 1.82) is 0 Å². The van der Waals surface area contributed by atoms with Crippen LogP contribution in [0, 0.1) is 0 Å². The summed E-state index contributed by atoms with van der Waals surface area (Å²) in [5, 5.41) is 14.8. The lowest BCUT2D eigenvalue weighted by molar-refractivity contribution is -0.159. The summed E-state index contributed by atoms with van der Waals surface area (Å²) >= 11 is 0. The zero-order chi connectivity index (χ0) is 9.40. The highest BCUT2D eigenvalue weighted by atomic mass is 16.4. The van der Waals surface area contributed by atoms with Crippen LogP contribution in [0.3, 0.4) is 0 Å². The van der Waals surface area contributed by atoms with Crippen molar-refractivity contribution in [1.82, 2.24) is 0 Å². The first kappa shape index (κ1) is 10.9. The summed E-state index contributed by atoms with van der Waals surface area (Å²) in [6.07, 6.45) is 9.00. The molecular weight excluding hydrogens is 160 g/mol. The molecule has 1 aliphatic carbocycles. The quantitative estimate of drug-likeness (QED) is 0.545. The van der Waals surface area contributed by atoms with Gasteiger partial charge in [-0.25, -0.2) is 9.59 Å². The number of carboxylic acids is 2. The zero-order valence-electron chi connectivity index (χ0n) is 6.95. The minimum Gasteiger partial charge on any atom is -0.473 e. The van der Waals surface area contributed by atoms with Crippen molar-refractivity contribution in [2.45, 2.75) is 38.5 Å². The second-order valence-corrected chi connectivity index (χ2v) is 2.73. The normalized spacial score (nSPS) is 15.7. The van der Waals surface area contributed by atoms with Crippen LogP contribution in [0.25, 0.3) is 0 Å². The number of rotatable bonds is 0. The lowest BCUT2D eigenvalue weighted by Crippen LogP contribution is -2.09. The van der Waals surface area contributed by atoms with Gasteiger partial charge in [0.2, 0.25) is 0 Å². The molecule has 0 radical (unpaired) electrons. The molecule has 4 nitrogen and oxygen atoms in total. The van der Waals surface area contributed by atoms with Gasteiger partial charge in [-0.15, -0.1) is 0 Å². The highest BCUT2D eigenvalue weighted by Crippen LogP contribution is 2.15. The Balaban J connectivity index is 0.000000202. The van der Waals surface area contributed by atoms with Gasteiger partial charge in [0.25, 0.3) is 0 Å². The highest BCUT2D eigenvalue weighted by molar-refractivity contribution is 6.27. The third kappa shape index (κ3) is 7.05. The molecule has 12 heavy (non-hydrogen) atoms. The Bertz CT molecular complexity index is 126. The third-order valence-corrected chi connectivity index (χ3v) is 1.68. The Morgan fingerprint density at radius 2 is 0.833 bits per heavy atom. The molecule has 4 heteroatoms. The third-order valence-electron chi connectivity index (χ3n) is 1.68. The van der Waals surface area contributed by atoms with E-state index in [1.165, 1.54) is 38.5 Å². The van der Waals surface area contributed by atoms with Gasteiger partial charge in [-0.1, -0.05) is 38.5 Å². The van der Waals surface area contributed by atoms with E-state index < -0.39 is 11.9 Å². The molecule has 0 spiro atoms. The SMILES string of the molecule is C1CCCCC1.O=C(O)C(=O)O. The molecule has 1 fully saturated rings. The molecule has 1 aliphatic rings. The van der Waals surface area contributed by atoms with Gasteiger partial charge in [-0.2, -0.15) is 0 Å². The Hall–Kier alpha value is -1.06. The summed E-state index contributed by atoms with van der Waals surface area (Å²) in [6.45, 7) is 0. The van der Waals surface area contributed by atoms with Crippen LogP contribution in [-0.2, 0) is 9.59 Å². The lowest BCUT2D eigenvalue weighted by atomic mass is 10.0. The lowest BCUT2D eigenvalue weighted by Gasteiger charge is -2.05. The number of hydrogen-bond donors (Lipinski definition) is 2. The molecule has 0 unspecified atom stereocenters. The van der Waals surface area contributed by atoms with Gasteiger partial charge in [0.05, 0.1) is 0 Å². The van der Waals surface area contributed by atoms with Crippen LogP contribution < -0.4 is 0 Å². The first-order chi connectivity index (χ1) is 5.64. The molecule has 2 N–H and O–H groups in total. The van der Waals surface area contributed by atoms with E-state index in [4.69, 9.17) is 19.8 Å². The molecule has 0 aliphatic heterocycles. The fourth-order valence-corrected chi connectivity index (χ4v) is 1.06. The maximum Gasteiger partial charge on any atom is 0.414 e. The van der Waals surface area contributed by atoms with E-state index in [1.54, 1.807) is 0 Å². The van der Waals surface area contributed by atoms with Crippen molar-refractivity contribution in [3.05, 3.63) is 0 Å². The van der Waals surface area contributed by atoms with Gasteiger partial charge < -0.3 is 10.2 Å².